The van der Waals surface area contributed by atoms with E-state index in [1.807, 2.05) is 48.2 Å². The number of aryl methyl sites for hydroxylation is 1. The van der Waals surface area contributed by atoms with E-state index in [0.29, 0.717) is 22.2 Å². The third-order valence-electron chi connectivity index (χ3n) is 4.66. The van der Waals surface area contributed by atoms with Gasteiger partial charge in [0.2, 0.25) is 5.91 Å². The van der Waals surface area contributed by atoms with Gasteiger partial charge in [-0.2, -0.15) is 0 Å². The van der Waals surface area contributed by atoms with E-state index in [1.54, 1.807) is 12.5 Å². The second-order valence-corrected chi connectivity index (χ2v) is 8.33. The third kappa shape index (κ3) is 4.10. The quantitative estimate of drug-likeness (QED) is 0.468. The Morgan fingerprint density at radius 1 is 1.38 bits per heavy atom. The first-order valence-electron chi connectivity index (χ1n) is 9.06. The molecule has 2 aromatic heterocycles. The molecule has 2 N–H and O–H groups in total. The number of fused-ring (bicyclic) bond motifs is 1. The number of aromatic amines is 1. The summed E-state index contributed by atoms with van der Waals surface area (Å²) in [6.45, 7) is 0.377. The number of hydrogen-bond donors (Lipinski definition) is 2. The number of aromatic nitrogens is 3. The normalized spacial score (nSPS) is 15.6. The fraction of sp³-hybridized carbons (Fsp3) is 0.200. The number of hydrogen-bond acceptors (Lipinski definition) is 5. The van der Waals surface area contributed by atoms with Crippen molar-refractivity contribution in [2.24, 2.45) is 7.05 Å². The number of thiocarbonyl (C=S) groups is 1. The van der Waals surface area contributed by atoms with Gasteiger partial charge in [0.15, 0.2) is 0 Å². The van der Waals surface area contributed by atoms with E-state index in [1.165, 1.54) is 16.7 Å². The maximum atomic E-state index is 12.8. The van der Waals surface area contributed by atoms with Crippen LogP contribution in [0.1, 0.15) is 11.3 Å². The predicted molar refractivity (Wildman–Crippen MR) is 118 cm³/mol. The van der Waals surface area contributed by atoms with Gasteiger partial charge in [-0.25, -0.2) is 4.98 Å². The molecule has 0 radical (unpaired) electrons. The lowest BCUT2D eigenvalue weighted by molar-refractivity contribution is -0.128. The molecule has 0 unspecified atom stereocenters. The van der Waals surface area contributed by atoms with Crippen LogP contribution in [0.15, 0.2) is 47.9 Å². The lowest BCUT2D eigenvalue weighted by atomic mass is 10.1. The Bertz CT molecular complexity index is 1120. The van der Waals surface area contributed by atoms with Crippen molar-refractivity contribution in [1.82, 2.24) is 24.8 Å². The molecule has 148 valence electrons. The Morgan fingerprint density at radius 2 is 2.21 bits per heavy atom. The van der Waals surface area contributed by atoms with Crippen LogP contribution in [0.2, 0.25) is 0 Å². The highest BCUT2D eigenvalue weighted by Crippen LogP contribution is 2.34. The number of benzene rings is 1. The zero-order valence-electron chi connectivity index (χ0n) is 15.7. The summed E-state index contributed by atoms with van der Waals surface area (Å²) in [6, 6.07) is 8.01. The molecule has 2 amide bonds. The van der Waals surface area contributed by atoms with Gasteiger partial charge >= 0.3 is 0 Å². The van der Waals surface area contributed by atoms with E-state index in [-0.39, 0.29) is 18.4 Å². The Hall–Kier alpha value is -2.91. The van der Waals surface area contributed by atoms with Crippen LogP contribution in [0, 0.1) is 0 Å². The maximum absolute atomic E-state index is 12.8. The molecule has 3 heterocycles. The number of amides is 2. The van der Waals surface area contributed by atoms with E-state index < -0.39 is 0 Å². The predicted octanol–water partition coefficient (Wildman–Crippen LogP) is 2.46. The molecular formula is C20H19N5O2S2. The standard InChI is InChI=1S/C20H19N5O2S2/c1-24-10-13(15-4-2-3-5-16(15)24)8-17-19(27)25(20(28)29-17)11-18(26)22-7-6-14-9-21-12-23-14/h2-5,8-10,12H,6-7,11H2,1H3,(H,21,23)(H,22,26). The maximum Gasteiger partial charge on any atom is 0.266 e. The van der Waals surface area contributed by atoms with E-state index in [9.17, 15) is 9.59 Å². The molecule has 7 nitrogen and oxygen atoms in total. The number of rotatable bonds is 6. The molecule has 1 fully saturated rings. The van der Waals surface area contributed by atoms with Gasteiger partial charge < -0.3 is 14.9 Å². The zero-order valence-corrected chi connectivity index (χ0v) is 17.3. The van der Waals surface area contributed by atoms with Crippen LogP contribution in [0.25, 0.3) is 17.0 Å². The first-order chi connectivity index (χ1) is 14.0. The summed E-state index contributed by atoms with van der Waals surface area (Å²) in [4.78, 5) is 33.8. The molecule has 3 aromatic rings. The van der Waals surface area contributed by atoms with Gasteiger partial charge in [-0.15, -0.1) is 0 Å². The fourth-order valence-corrected chi connectivity index (χ4v) is 4.47. The Balaban J connectivity index is 1.43. The van der Waals surface area contributed by atoms with Gasteiger partial charge in [0, 0.05) is 54.6 Å². The minimum Gasteiger partial charge on any atom is -0.354 e. The van der Waals surface area contributed by atoms with Gasteiger partial charge in [-0.1, -0.05) is 42.2 Å². The SMILES string of the molecule is Cn1cc(C=C2SC(=S)N(CC(=O)NCCc3cnc[nH]3)C2=O)c2ccccc21. The number of nitrogens with one attached hydrogen (secondary N) is 2. The van der Waals surface area contributed by atoms with Crippen molar-refractivity contribution in [1.29, 1.82) is 0 Å². The molecule has 9 heteroatoms. The number of nitrogens with zero attached hydrogens (tertiary/aromatic N) is 3. The second-order valence-electron chi connectivity index (χ2n) is 6.66. The molecule has 1 aromatic carbocycles. The van der Waals surface area contributed by atoms with Crippen molar-refractivity contribution in [3.63, 3.8) is 0 Å². The number of H-pyrrole nitrogens is 1. The molecule has 0 saturated carbocycles. The van der Waals surface area contributed by atoms with E-state index in [0.717, 1.165) is 22.2 Å². The number of carbonyl (C=O) groups excluding carboxylic acids is 2. The van der Waals surface area contributed by atoms with Crippen LogP contribution in [0.5, 0.6) is 0 Å². The molecule has 0 atom stereocenters. The number of para-hydroxylation sites is 1. The number of carbonyl (C=O) groups is 2. The summed E-state index contributed by atoms with van der Waals surface area (Å²) >= 11 is 6.56. The fourth-order valence-electron chi connectivity index (χ4n) is 3.22. The summed E-state index contributed by atoms with van der Waals surface area (Å²) < 4.78 is 2.42. The average molecular weight is 426 g/mol. The summed E-state index contributed by atoms with van der Waals surface area (Å²) in [7, 11) is 1.97. The molecule has 0 aliphatic carbocycles. The summed E-state index contributed by atoms with van der Waals surface area (Å²) in [5.41, 5.74) is 2.98. The second kappa shape index (κ2) is 8.22. The Morgan fingerprint density at radius 3 is 3.00 bits per heavy atom. The Kier molecular flexibility index (Phi) is 5.50. The van der Waals surface area contributed by atoms with Gasteiger partial charge in [-0.3, -0.25) is 14.5 Å². The molecular weight excluding hydrogens is 406 g/mol. The first-order valence-corrected chi connectivity index (χ1v) is 10.3. The molecule has 4 rings (SSSR count). The van der Waals surface area contributed by atoms with Crippen LogP contribution in [0.4, 0.5) is 0 Å². The van der Waals surface area contributed by atoms with Crippen molar-refractivity contribution in [3.05, 3.63) is 59.1 Å². The average Bonchev–Trinajstić information content (AvgIpc) is 3.39. The smallest absolute Gasteiger partial charge is 0.266 e. The van der Waals surface area contributed by atoms with Gasteiger partial charge in [0.1, 0.15) is 10.9 Å². The molecule has 1 aliphatic rings. The van der Waals surface area contributed by atoms with Crippen LogP contribution in [-0.2, 0) is 23.1 Å². The van der Waals surface area contributed by atoms with E-state index in [2.05, 4.69) is 15.3 Å². The number of imidazole rings is 1. The minimum atomic E-state index is -0.243. The van der Waals surface area contributed by atoms with Gasteiger partial charge in [-0.05, 0) is 12.1 Å². The van der Waals surface area contributed by atoms with Crippen molar-refractivity contribution in [2.45, 2.75) is 6.42 Å². The lowest BCUT2D eigenvalue weighted by Crippen LogP contribution is -2.40. The highest BCUT2D eigenvalue weighted by molar-refractivity contribution is 8.26. The van der Waals surface area contributed by atoms with Crippen LogP contribution in [-0.4, -0.2) is 48.7 Å². The molecule has 1 aliphatic heterocycles. The zero-order chi connectivity index (χ0) is 20.4. The summed E-state index contributed by atoms with van der Waals surface area (Å²) in [6.07, 6.45) is 7.79. The van der Waals surface area contributed by atoms with E-state index in [4.69, 9.17) is 12.2 Å². The molecule has 1 saturated heterocycles. The highest BCUT2D eigenvalue weighted by Gasteiger charge is 2.33. The lowest BCUT2D eigenvalue weighted by Gasteiger charge is -2.14. The van der Waals surface area contributed by atoms with E-state index >= 15 is 0 Å². The van der Waals surface area contributed by atoms with Gasteiger partial charge in [0.05, 0.1) is 11.2 Å². The molecule has 0 spiro atoms. The molecule has 29 heavy (non-hydrogen) atoms. The van der Waals surface area contributed by atoms with Crippen molar-refractivity contribution >= 4 is 57.1 Å². The van der Waals surface area contributed by atoms with Gasteiger partial charge in [0.25, 0.3) is 5.91 Å². The van der Waals surface area contributed by atoms with Crippen molar-refractivity contribution < 1.29 is 9.59 Å². The monoisotopic (exact) mass is 425 g/mol. The summed E-state index contributed by atoms with van der Waals surface area (Å²) in [5, 5.41) is 3.88. The Labute approximate surface area is 177 Å². The van der Waals surface area contributed by atoms with Crippen LogP contribution >= 0.6 is 24.0 Å². The summed E-state index contributed by atoms with van der Waals surface area (Å²) in [5.74, 6) is -0.483. The van der Waals surface area contributed by atoms with Crippen molar-refractivity contribution in [3.8, 4) is 0 Å². The number of thioether (sulfide) groups is 1. The highest BCUT2D eigenvalue weighted by atomic mass is 32.2. The van der Waals surface area contributed by atoms with Crippen LogP contribution < -0.4 is 5.32 Å². The minimum absolute atomic E-state index is 0.0828. The molecule has 0 bridgehead atoms. The first kappa shape index (κ1) is 19.4. The van der Waals surface area contributed by atoms with Crippen molar-refractivity contribution in [2.75, 3.05) is 13.1 Å². The topological polar surface area (TPSA) is 83.0 Å². The van der Waals surface area contributed by atoms with Crippen LogP contribution in [0.3, 0.4) is 0 Å². The largest absolute Gasteiger partial charge is 0.354 e. The third-order valence-corrected chi connectivity index (χ3v) is 6.04.